The molecule has 5 nitrogen and oxygen atoms in total. The lowest BCUT2D eigenvalue weighted by atomic mass is 9.90. The molecule has 0 rings (SSSR count). The van der Waals surface area contributed by atoms with E-state index >= 15 is 0 Å². The van der Waals surface area contributed by atoms with Crippen molar-refractivity contribution in [3.8, 4) is 0 Å². The zero-order chi connectivity index (χ0) is 14.3. The minimum atomic E-state index is -2.48. The molecule has 5 N–H and O–H groups in total. The van der Waals surface area contributed by atoms with Crippen molar-refractivity contribution in [3.05, 3.63) is 0 Å². The van der Waals surface area contributed by atoms with Gasteiger partial charge in [-0.25, -0.2) is 8.78 Å². The third-order valence-electron chi connectivity index (χ3n) is 2.20. The van der Waals surface area contributed by atoms with Gasteiger partial charge in [0.25, 0.3) is 0 Å². The van der Waals surface area contributed by atoms with E-state index in [9.17, 15) is 8.78 Å². The van der Waals surface area contributed by atoms with Crippen LogP contribution in [0.15, 0.2) is 0 Å². The maximum absolute atomic E-state index is 11.4. The Labute approximate surface area is 113 Å². The first-order chi connectivity index (χ1) is 7.41. The minimum Gasteiger partial charge on any atom is -0.430 e. The molecular formula is C9H23BClF2NO4. The van der Waals surface area contributed by atoms with E-state index in [1.807, 2.05) is 0 Å². The summed E-state index contributed by atoms with van der Waals surface area (Å²) in [6.45, 7) is 6.31. The number of hydrogen-bond donors (Lipinski definition) is 4. The van der Waals surface area contributed by atoms with Gasteiger partial charge in [0.2, 0.25) is 6.43 Å². The summed E-state index contributed by atoms with van der Waals surface area (Å²) in [4.78, 5) is 0. The third kappa shape index (κ3) is 14.1. The second-order valence-corrected chi connectivity index (χ2v) is 4.58. The minimum absolute atomic E-state index is 0. The van der Waals surface area contributed by atoms with Gasteiger partial charge in [-0.15, -0.1) is 12.4 Å². The van der Waals surface area contributed by atoms with Crippen molar-refractivity contribution < 1.29 is 28.7 Å². The number of hydrogen-bond acceptors (Lipinski definition) is 5. The Hall–Kier alpha value is 0.0149. The molecule has 9 heteroatoms. The van der Waals surface area contributed by atoms with Gasteiger partial charge in [0.05, 0.1) is 17.4 Å². The fourth-order valence-corrected chi connectivity index (χ4v) is 0.339. The molecule has 0 radical (unpaired) electrons. The largest absolute Gasteiger partial charge is 0.436 e. The Morgan fingerprint density at radius 3 is 1.67 bits per heavy atom. The fourth-order valence-electron chi connectivity index (χ4n) is 0.339. The number of rotatable bonds is 5. The van der Waals surface area contributed by atoms with Crippen LogP contribution in [0.4, 0.5) is 8.78 Å². The molecule has 0 aromatic rings. The summed E-state index contributed by atoms with van der Waals surface area (Å²) in [7, 11) is -0.617. The second-order valence-electron chi connectivity index (χ2n) is 4.58. The standard InChI is InChI=1S/C6H14O2.C3H8BF2NO2.ClH/c1-5(2,7)6(3,4)8;5-2(6)1-3(7)9-4-8;/h7-8H,1-4H3;2-4,8H,1,7H2;1H. The third-order valence-corrected chi connectivity index (χ3v) is 2.20. The van der Waals surface area contributed by atoms with Crippen LogP contribution < -0.4 is 5.73 Å². The van der Waals surface area contributed by atoms with Crippen LogP contribution in [0.3, 0.4) is 0 Å². The van der Waals surface area contributed by atoms with Crippen molar-refractivity contribution in [2.24, 2.45) is 5.73 Å². The van der Waals surface area contributed by atoms with E-state index in [0.29, 0.717) is 0 Å². The van der Waals surface area contributed by atoms with Crippen molar-refractivity contribution >= 4 is 20.1 Å². The molecule has 0 amide bonds. The normalized spacial score (nSPS) is 13.3. The van der Waals surface area contributed by atoms with E-state index in [0.717, 1.165) is 0 Å². The number of aliphatic hydroxyl groups is 2. The van der Waals surface area contributed by atoms with Crippen molar-refractivity contribution in [1.29, 1.82) is 0 Å². The van der Waals surface area contributed by atoms with Crippen LogP contribution in [0.1, 0.15) is 34.1 Å². The summed E-state index contributed by atoms with van der Waals surface area (Å²) >= 11 is 0. The Bertz CT molecular complexity index is 188. The maximum Gasteiger partial charge on any atom is 0.436 e. The quantitative estimate of drug-likeness (QED) is 0.427. The van der Waals surface area contributed by atoms with Gasteiger partial charge in [0.15, 0.2) is 0 Å². The zero-order valence-electron chi connectivity index (χ0n) is 11.1. The maximum atomic E-state index is 11.4. The molecule has 0 saturated carbocycles. The Balaban J connectivity index is -0.000000238. The first-order valence-corrected chi connectivity index (χ1v) is 5.12. The molecule has 0 aromatic carbocycles. The molecule has 112 valence electrons. The molecule has 0 aromatic heterocycles. The Morgan fingerprint density at radius 1 is 1.17 bits per heavy atom. The van der Waals surface area contributed by atoms with Crippen LogP contribution >= 0.6 is 12.4 Å². The van der Waals surface area contributed by atoms with Gasteiger partial charge in [-0.1, -0.05) is 0 Å². The topological polar surface area (TPSA) is 95.9 Å². The molecule has 0 fully saturated rings. The van der Waals surface area contributed by atoms with Crippen molar-refractivity contribution in [2.75, 3.05) is 0 Å². The molecule has 0 aliphatic heterocycles. The van der Waals surface area contributed by atoms with Gasteiger partial charge < -0.3 is 25.6 Å². The molecule has 0 saturated heterocycles. The highest BCUT2D eigenvalue weighted by atomic mass is 35.5. The van der Waals surface area contributed by atoms with Gasteiger partial charge in [-0.2, -0.15) is 0 Å². The van der Waals surface area contributed by atoms with Gasteiger partial charge in [-0.3, -0.25) is 0 Å². The summed E-state index contributed by atoms with van der Waals surface area (Å²) in [5.74, 6) is 0. The average molecular weight is 294 g/mol. The van der Waals surface area contributed by atoms with E-state index in [4.69, 9.17) is 21.0 Å². The van der Waals surface area contributed by atoms with Crippen LogP contribution in [-0.4, -0.2) is 46.8 Å². The van der Waals surface area contributed by atoms with E-state index in [-0.39, 0.29) is 12.4 Å². The molecule has 1 unspecified atom stereocenters. The van der Waals surface area contributed by atoms with Crippen LogP contribution in [-0.2, 0) is 4.65 Å². The van der Waals surface area contributed by atoms with Gasteiger partial charge >= 0.3 is 7.69 Å². The Morgan fingerprint density at radius 2 is 1.50 bits per heavy atom. The summed E-state index contributed by atoms with van der Waals surface area (Å²) in [6, 6.07) is 0. The molecular weight excluding hydrogens is 270 g/mol. The van der Waals surface area contributed by atoms with Crippen LogP contribution in [0.25, 0.3) is 0 Å². The highest BCUT2D eigenvalue weighted by Gasteiger charge is 2.31. The van der Waals surface area contributed by atoms with E-state index in [1.54, 1.807) is 27.7 Å². The fraction of sp³-hybridized carbons (Fsp3) is 1.00. The predicted octanol–water partition coefficient (Wildman–Crippen LogP) is 0.152. The predicted molar refractivity (Wildman–Crippen MR) is 68.9 cm³/mol. The van der Waals surface area contributed by atoms with E-state index in [1.165, 1.54) is 0 Å². The van der Waals surface area contributed by atoms with Crippen molar-refractivity contribution in [2.45, 2.75) is 58.0 Å². The van der Waals surface area contributed by atoms with Crippen LogP contribution in [0.2, 0.25) is 0 Å². The number of nitrogens with two attached hydrogens (primary N) is 1. The SMILES string of the molecule is CC(C)(O)C(C)(C)O.Cl.NC(CC(F)F)OBO. The van der Waals surface area contributed by atoms with Gasteiger partial charge in [-0.05, 0) is 27.7 Å². The smallest absolute Gasteiger partial charge is 0.430 e. The summed E-state index contributed by atoms with van der Waals surface area (Å²) in [5.41, 5.74) is 2.91. The summed E-state index contributed by atoms with van der Waals surface area (Å²) in [6.07, 6.45) is -4.08. The van der Waals surface area contributed by atoms with Gasteiger partial charge in [0.1, 0.15) is 0 Å². The summed E-state index contributed by atoms with van der Waals surface area (Å²) < 4.78 is 26.9. The van der Waals surface area contributed by atoms with Crippen molar-refractivity contribution in [3.63, 3.8) is 0 Å². The lowest BCUT2D eigenvalue weighted by Crippen LogP contribution is -2.44. The van der Waals surface area contributed by atoms with E-state index in [2.05, 4.69) is 4.65 Å². The monoisotopic (exact) mass is 293 g/mol. The zero-order valence-corrected chi connectivity index (χ0v) is 11.9. The van der Waals surface area contributed by atoms with Crippen LogP contribution in [0, 0.1) is 0 Å². The Kier molecular flexibility index (Phi) is 12.7. The number of halogens is 3. The number of alkyl halides is 2. The van der Waals surface area contributed by atoms with E-state index < -0.39 is 38.0 Å². The highest BCUT2D eigenvalue weighted by molar-refractivity contribution is 6.15. The average Bonchev–Trinajstić information content (AvgIpc) is 1.99. The second kappa shape index (κ2) is 9.88. The first kappa shape index (κ1) is 23.1. The molecule has 0 aliphatic carbocycles. The van der Waals surface area contributed by atoms with Crippen molar-refractivity contribution in [1.82, 2.24) is 0 Å². The lowest BCUT2D eigenvalue weighted by molar-refractivity contribution is -0.107. The molecule has 0 heterocycles. The lowest BCUT2D eigenvalue weighted by Gasteiger charge is -2.31. The molecule has 0 spiro atoms. The molecule has 1 atom stereocenters. The van der Waals surface area contributed by atoms with Gasteiger partial charge in [0, 0.05) is 6.42 Å². The molecule has 0 bridgehead atoms. The molecule has 0 aliphatic rings. The summed E-state index contributed by atoms with van der Waals surface area (Å²) in [5, 5.41) is 26.2. The van der Waals surface area contributed by atoms with Crippen LogP contribution in [0.5, 0.6) is 0 Å². The highest BCUT2D eigenvalue weighted by Crippen LogP contribution is 2.19. The molecule has 18 heavy (non-hydrogen) atoms. The first-order valence-electron chi connectivity index (χ1n) is 5.12.